The van der Waals surface area contributed by atoms with Crippen molar-refractivity contribution < 1.29 is 19.2 Å². The molecule has 0 bridgehead atoms. The molecule has 0 heterocycles. The minimum atomic E-state index is -0.717. The lowest BCUT2D eigenvalue weighted by Crippen LogP contribution is -2.32. The number of hydrogen-bond donors (Lipinski definition) is 1. The summed E-state index contributed by atoms with van der Waals surface area (Å²) in [6.07, 6.45) is 4.23. The van der Waals surface area contributed by atoms with E-state index < -0.39 is 11.0 Å². The average Bonchev–Trinajstić information content (AvgIpc) is 2.71. The number of nitro groups is 1. The van der Waals surface area contributed by atoms with E-state index >= 15 is 0 Å². The number of benzene rings is 2. The highest BCUT2D eigenvalue weighted by Crippen LogP contribution is 2.30. The van der Waals surface area contributed by atoms with E-state index in [4.69, 9.17) is 9.47 Å². The minimum Gasteiger partial charge on any atom is -0.495 e. The van der Waals surface area contributed by atoms with Gasteiger partial charge in [-0.1, -0.05) is 13.0 Å². The third-order valence-electron chi connectivity index (χ3n) is 4.91. The van der Waals surface area contributed by atoms with Crippen LogP contribution in [0.5, 0.6) is 11.5 Å². The summed E-state index contributed by atoms with van der Waals surface area (Å²) in [6.45, 7) is 1.85. The maximum Gasteiger partial charge on any atom is 0.271 e. The third kappa shape index (κ3) is 4.42. The van der Waals surface area contributed by atoms with Gasteiger partial charge in [-0.25, -0.2) is 0 Å². The van der Waals surface area contributed by atoms with Crippen LogP contribution in [0.1, 0.15) is 37.3 Å². The van der Waals surface area contributed by atoms with Gasteiger partial charge in [0.1, 0.15) is 11.5 Å². The van der Waals surface area contributed by atoms with E-state index in [1.807, 2.05) is 19.1 Å². The van der Waals surface area contributed by atoms with Gasteiger partial charge in [-0.3, -0.25) is 14.9 Å². The molecule has 1 amide bonds. The number of aryl methyl sites for hydroxylation is 2. The van der Waals surface area contributed by atoms with Gasteiger partial charge in [0.25, 0.3) is 11.6 Å². The highest BCUT2D eigenvalue weighted by atomic mass is 16.6. The van der Waals surface area contributed by atoms with E-state index in [2.05, 4.69) is 11.4 Å². The summed E-state index contributed by atoms with van der Waals surface area (Å²) < 4.78 is 11.1. The molecule has 2 aromatic rings. The normalized spacial score (nSPS) is 13.9. The number of hydrogen-bond acceptors (Lipinski definition) is 5. The molecule has 0 saturated carbocycles. The van der Waals surface area contributed by atoms with Crippen molar-refractivity contribution in [2.45, 2.75) is 45.1 Å². The van der Waals surface area contributed by atoms with Crippen LogP contribution in [0.2, 0.25) is 0 Å². The fourth-order valence-corrected chi connectivity index (χ4v) is 3.39. The lowest BCUT2D eigenvalue weighted by molar-refractivity contribution is -0.384. The topological polar surface area (TPSA) is 90.7 Å². The fraction of sp³-hybridized carbons (Fsp3) is 0.381. The molecular formula is C21H24N2O5. The number of ether oxygens (including phenoxy) is 2. The predicted molar refractivity (Wildman–Crippen MR) is 106 cm³/mol. The first-order valence-corrected chi connectivity index (χ1v) is 9.43. The lowest BCUT2D eigenvalue weighted by atomic mass is 9.92. The van der Waals surface area contributed by atoms with Crippen LogP contribution in [0, 0.1) is 10.1 Å². The van der Waals surface area contributed by atoms with Crippen LogP contribution >= 0.6 is 0 Å². The van der Waals surface area contributed by atoms with Gasteiger partial charge in [-0.05, 0) is 61.4 Å². The smallest absolute Gasteiger partial charge is 0.271 e. The zero-order valence-corrected chi connectivity index (χ0v) is 16.1. The van der Waals surface area contributed by atoms with Crippen molar-refractivity contribution >= 4 is 17.3 Å². The zero-order valence-electron chi connectivity index (χ0n) is 16.1. The van der Waals surface area contributed by atoms with Crippen molar-refractivity contribution in [1.29, 1.82) is 0 Å². The number of nitrogens with zero attached hydrogens (tertiary/aromatic N) is 1. The monoisotopic (exact) mass is 384 g/mol. The van der Waals surface area contributed by atoms with Gasteiger partial charge in [0.2, 0.25) is 0 Å². The van der Waals surface area contributed by atoms with E-state index in [9.17, 15) is 14.9 Å². The summed E-state index contributed by atoms with van der Waals surface area (Å²) >= 11 is 0. The van der Waals surface area contributed by atoms with Crippen molar-refractivity contribution in [3.63, 3.8) is 0 Å². The Balaban J connectivity index is 1.75. The molecule has 0 radical (unpaired) electrons. The average molecular weight is 384 g/mol. The summed E-state index contributed by atoms with van der Waals surface area (Å²) in [5.41, 5.74) is 2.74. The summed E-state index contributed by atoms with van der Waals surface area (Å²) in [6, 6.07) is 10.0. The Morgan fingerprint density at radius 2 is 1.93 bits per heavy atom. The van der Waals surface area contributed by atoms with Crippen LogP contribution in [0.15, 0.2) is 36.4 Å². The van der Waals surface area contributed by atoms with Crippen molar-refractivity contribution in [2.24, 2.45) is 0 Å². The second kappa shape index (κ2) is 8.73. The first-order valence-electron chi connectivity index (χ1n) is 9.43. The lowest BCUT2D eigenvalue weighted by Gasteiger charge is -2.21. The van der Waals surface area contributed by atoms with Crippen molar-refractivity contribution in [1.82, 2.24) is 0 Å². The predicted octanol–water partition coefficient (Wildman–Crippen LogP) is 4.28. The Labute approximate surface area is 163 Å². The Morgan fingerprint density at radius 1 is 1.18 bits per heavy atom. The van der Waals surface area contributed by atoms with Gasteiger partial charge in [-0.15, -0.1) is 0 Å². The van der Waals surface area contributed by atoms with Gasteiger partial charge >= 0.3 is 0 Å². The van der Waals surface area contributed by atoms with E-state index in [1.54, 1.807) is 0 Å². The van der Waals surface area contributed by atoms with E-state index in [0.717, 1.165) is 12.8 Å². The van der Waals surface area contributed by atoms with Gasteiger partial charge in [0.15, 0.2) is 6.10 Å². The van der Waals surface area contributed by atoms with Crippen LogP contribution in [0.4, 0.5) is 11.4 Å². The van der Waals surface area contributed by atoms with Gasteiger partial charge in [-0.2, -0.15) is 0 Å². The minimum absolute atomic E-state index is 0.125. The molecule has 0 unspecified atom stereocenters. The molecule has 0 aliphatic heterocycles. The second-order valence-electron chi connectivity index (χ2n) is 6.78. The van der Waals surface area contributed by atoms with Crippen LogP contribution < -0.4 is 14.8 Å². The number of carbonyl (C=O) groups excluding carboxylic acids is 1. The molecule has 1 atom stereocenters. The van der Waals surface area contributed by atoms with E-state index in [-0.39, 0.29) is 17.3 Å². The molecule has 28 heavy (non-hydrogen) atoms. The summed E-state index contributed by atoms with van der Waals surface area (Å²) in [4.78, 5) is 23.2. The Hall–Kier alpha value is -3.09. The Kier molecular flexibility index (Phi) is 6.13. The fourth-order valence-electron chi connectivity index (χ4n) is 3.39. The number of nitrogens with one attached hydrogen (secondary N) is 1. The number of carbonyl (C=O) groups is 1. The quantitative estimate of drug-likeness (QED) is 0.568. The number of non-ortho nitro benzene ring substituents is 1. The molecule has 7 heteroatoms. The largest absolute Gasteiger partial charge is 0.495 e. The number of amides is 1. The van der Waals surface area contributed by atoms with Crippen molar-refractivity contribution in [2.75, 3.05) is 12.4 Å². The Morgan fingerprint density at radius 3 is 2.61 bits per heavy atom. The van der Waals surface area contributed by atoms with Gasteiger partial charge in [0, 0.05) is 12.1 Å². The van der Waals surface area contributed by atoms with Crippen LogP contribution in [0.25, 0.3) is 0 Å². The molecule has 3 rings (SSSR count). The number of rotatable bonds is 7. The molecule has 0 fully saturated rings. The van der Waals surface area contributed by atoms with Gasteiger partial charge < -0.3 is 14.8 Å². The number of fused-ring (bicyclic) bond motifs is 1. The molecule has 0 spiro atoms. The van der Waals surface area contributed by atoms with Gasteiger partial charge in [0.05, 0.1) is 17.7 Å². The van der Waals surface area contributed by atoms with Crippen molar-refractivity contribution in [3.05, 3.63) is 57.6 Å². The van der Waals surface area contributed by atoms with Crippen LogP contribution in [-0.4, -0.2) is 24.0 Å². The molecule has 0 aromatic heterocycles. The molecule has 7 nitrogen and oxygen atoms in total. The standard InChI is InChI=1S/C21H24N2O5/c1-3-19(28-17-10-8-14-6-4-5-7-15(14)12-17)21(24)22-18-13-16(23(25)26)9-11-20(18)27-2/h8-13,19H,3-7H2,1-2H3,(H,22,24)/t19-/m1/s1. The highest BCUT2D eigenvalue weighted by Gasteiger charge is 2.22. The second-order valence-corrected chi connectivity index (χ2v) is 6.78. The van der Waals surface area contributed by atoms with E-state index in [0.29, 0.717) is 17.9 Å². The summed E-state index contributed by atoms with van der Waals surface area (Å²) in [7, 11) is 1.44. The molecule has 0 saturated heterocycles. The molecule has 1 N–H and O–H groups in total. The molecule has 148 valence electrons. The maximum atomic E-state index is 12.7. The molecular weight excluding hydrogens is 360 g/mol. The van der Waals surface area contributed by atoms with Crippen molar-refractivity contribution in [3.8, 4) is 11.5 Å². The van der Waals surface area contributed by atoms with Crippen LogP contribution in [-0.2, 0) is 17.6 Å². The summed E-state index contributed by atoms with van der Waals surface area (Å²) in [5.74, 6) is 0.634. The molecule has 2 aromatic carbocycles. The number of anilines is 1. The highest BCUT2D eigenvalue weighted by molar-refractivity contribution is 5.96. The SMILES string of the molecule is CC[C@@H](Oc1ccc2c(c1)CCCC2)C(=O)Nc1cc([N+](=O)[O-])ccc1OC. The maximum absolute atomic E-state index is 12.7. The molecule has 1 aliphatic carbocycles. The van der Waals surface area contributed by atoms with Crippen LogP contribution in [0.3, 0.4) is 0 Å². The Bertz CT molecular complexity index is 881. The zero-order chi connectivity index (χ0) is 20.1. The molecule has 1 aliphatic rings. The third-order valence-corrected chi connectivity index (χ3v) is 4.91. The van der Waals surface area contributed by atoms with E-state index in [1.165, 1.54) is 49.3 Å². The number of nitro benzene ring substituents is 1. The number of methoxy groups -OCH3 is 1. The summed E-state index contributed by atoms with van der Waals surface area (Å²) in [5, 5.41) is 13.7. The first kappa shape index (κ1) is 19.7. The first-order chi connectivity index (χ1) is 13.5.